The lowest BCUT2D eigenvalue weighted by molar-refractivity contribution is 0.370. The van der Waals surface area contributed by atoms with Crippen LogP contribution in [-0.4, -0.2) is 45.1 Å². The number of aromatic hydroxyl groups is 2. The zero-order valence-corrected chi connectivity index (χ0v) is 17.3. The molecule has 11 nitrogen and oxygen atoms in total. The number of aromatic nitrogens is 3. The van der Waals surface area contributed by atoms with Crippen molar-refractivity contribution in [2.75, 3.05) is 11.5 Å². The number of hydrogen-bond acceptors (Lipinski definition) is 7. The number of fused-ring (bicyclic) bond motifs is 1. The van der Waals surface area contributed by atoms with Crippen molar-refractivity contribution in [3.05, 3.63) is 42.6 Å². The number of methoxy groups -OCH3 is 1. The predicted molar refractivity (Wildman–Crippen MR) is 114 cm³/mol. The van der Waals surface area contributed by atoms with Gasteiger partial charge in [0, 0.05) is 35.8 Å². The third-order valence-electron chi connectivity index (χ3n) is 4.94. The zero-order valence-electron chi connectivity index (χ0n) is 16.4. The smallest absolute Gasteiger partial charge is 0.375 e. The molecular formula is C19H19N5O6S. The molecule has 31 heavy (non-hydrogen) atoms. The molecule has 0 spiro atoms. The second kappa shape index (κ2) is 7.19. The standard InChI is InChI=1S/C19H19N5O6S/c1-23-6-5-10-7-11(3-4-13(10)23)17-18(21-22-19(17)24(20)31(27,28)29)12-8-16(30-2)15(26)9-14(12)25/h3-9,25-26H,20H2,1-2H3,(H,21,22)(H,27,28,29). The fourth-order valence-corrected chi connectivity index (χ4v) is 3.78. The number of phenolic OH excluding ortho intramolecular Hbond substituents is 2. The maximum absolute atomic E-state index is 11.7. The molecule has 0 aliphatic carbocycles. The summed E-state index contributed by atoms with van der Waals surface area (Å²) >= 11 is 0. The molecule has 0 radical (unpaired) electrons. The van der Waals surface area contributed by atoms with Crippen LogP contribution in [0.1, 0.15) is 0 Å². The summed E-state index contributed by atoms with van der Waals surface area (Å²) in [5, 5.41) is 27.8. The molecule has 0 aliphatic rings. The summed E-state index contributed by atoms with van der Waals surface area (Å²) in [4.78, 5) is 0. The Morgan fingerprint density at radius 3 is 2.58 bits per heavy atom. The van der Waals surface area contributed by atoms with Crippen LogP contribution in [0.5, 0.6) is 17.2 Å². The van der Waals surface area contributed by atoms with Crippen LogP contribution in [0.2, 0.25) is 0 Å². The zero-order chi connectivity index (χ0) is 22.5. The van der Waals surface area contributed by atoms with Crippen molar-refractivity contribution in [1.82, 2.24) is 14.8 Å². The van der Waals surface area contributed by atoms with Crippen LogP contribution in [0.25, 0.3) is 33.3 Å². The maximum atomic E-state index is 11.7. The van der Waals surface area contributed by atoms with Crippen molar-refractivity contribution in [2.45, 2.75) is 0 Å². The van der Waals surface area contributed by atoms with Gasteiger partial charge >= 0.3 is 10.3 Å². The van der Waals surface area contributed by atoms with Gasteiger partial charge in [-0.2, -0.15) is 17.9 Å². The Hall–Kier alpha value is -3.74. The third-order valence-corrected chi connectivity index (χ3v) is 5.62. The molecule has 2 aromatic heterocycles. The van der Waals surface area contributed by atoms with Crippen molar-refractivity contribution in [3.63, 3.8) is 0 Å². The number of aryl methyl sites for hydroxylation is 1. The van der Waals surface area contributed by atoms with Gasteiger partial charge in [0.05, 0.1) is 18.4 Å². The summed E-state index contributed by atoms with van der Waals surface area (Å²) in [6.45, 7) is 0. The lowest BCUT2D eigenvalue weighted by atomic mass is 9.98. The van der Waals surface area contributed by atoms with Crippen molar-refractivity contribution in [2.24, 2.45) is 12.9 Å². The minimum atomic E-state index is -4.83. The molecular weight excluding hydrogens is 426 g/mol. The molecule has 0 atom stereocenters. The minimum absolute atomic E-state index is 0.0767. The number of nitrogens with zero attached hydrogens (tertiary/aromatic N) is 3. The number of ether oxygens (including phenoxy) is 1. The van der Waals surface area contributed by atoms with E-state index in [4.69, 9.17) is 10.6 Å². The first-order valence-electron chi connectivity index (χ1n) is 8.88. The quantitative estimate of drug-likeness (QED) is 0.177. The fraction of sp³-hybridized carbons (Fsp3) is 0.105. The number of H-pyrrole nitrogens is 1. The number of aromatic amines is 1. The molecule has 0 unspecified atom stereocenters. The average molecular weight is 445 g/mol. The summed E-state index contributed by atoms with van der Waals surface area (Å²) in [5.74, 6) is 4.81. The summed E-state index contributed by atoms with van der Waals surface area (Å²) in [5.41, 5.74) is 2.02. The molecule has 6 N–H and O–H groups in total. The lowest BCUT2D eigenvalue weighted by Gasteiger charge is -2.15. The Labute approximate surface area is 176 Å². The lowest BCUT2D eigenvalue weighted by Crippen LogP contribution is -2.37. The van der Waals surface area contributed by atoms with Gasteiger partial charge in [0.15, 0.2) is 17.3 Å². The van der Waals surface area contributed by atoms with E-state index in [1.54, 1.807) is 12.1 Å². The van der Waals surface area contributed by atoms with Gasteiger partial charge in [0.25, 0.3) is 0 Å². The first-order valence-corrected chi connectivity index (χ1v) is 10.3. The third kappa shape index (κ3) is 3.42. The van der Waals surface area contributed by atoms with E-state index in [1.165, 1.54) is 13.2 Å². The molecule has 0 saturated heterocycles. The number of anilines is 1. The topological polar surface area (TPSA) is 167 Å². The Balaban J connectivity index is 2.02. The van der Waals surface area contributed by atoms with Crippen molar-refractivity contribution in [3.8, 4) is 39.6 Å². The highest BCUT2D eigenvalue weighted by molar-refractivity contribution is 7.87. The largest absolute Gasteiger partial charge is 0.507 e. The van der Waals surface area contributed by atoms with E-state index in [9.17, 15) is 23.2 Å². The highest BCUT2D eigenvalue weighted by Crippen LogP contribution is 2.44. The van der Waals surface area contributed by atoms with Crippen molar-refractivity contribution >= 4 is 27.0 Å². The number of nitrogens with two attached hydrogens (primary N) is 1. The Morgan fingerprint density at radius 1 is 1.16 bits per heavy atom. The summed E-state index contributed by atoms with van der Waals surface area (Å²) in [7, 11) is -1.59. The van der Waals surface area contributed by atoms with E-state index in [0.29, 0.717) is 5.56 Å². The first kappa shape index (κ1) is 20.5. The van der Waals surface area contributed by atoms with Gasteiger partial charge in [0.2, 0.25) is 0 Å². The molecule has 12 heteroatoms. The molecule has 2 aromatic carbocycles. The van der Waals surface area contributed by atoms with Crippen molar-refractivity contribution < 1.29 is 27.9 Å². The second-order valence-electron chi connectivity index (χ2n) is 6.81. The average Bonchev–Trinajstić information content (AvgIpc) is 3.30. The molecule has 162 valence electrons. The SMILES string of the molecule is COc1cc(-c2[nH]nc(N(N)S(=O)(=O)O)c2-c2ccc3c(ccn3C)c2)c(O)cc1O. The van der Waals surface area contributed by atoms with Crippen LogP contribution in [0.15, 0.2) is 42.6 Å². The van der Waals surface area contributed by atoms with Gasteiger partial charge in [0.1, 0.15) is 5.75 Å². The number of hydrazine groups is 1. The maximum Gasteiger partial charge on any atom is 0.375 e. The number of rotatable bonds is 5. The number of nitrogens with one attached hydrogen (secondary N) is 1. The number of phenols is 2. The highest BCUT2D eigenvalue weighted by atomic mass is 32.2. The van der Waals surface area contributed by atoms with Crippen LogP contribution < -0.4 is 15.0 Å². The molecule has 0 aliphatic heterocycles. The van der Waals surface area contributed by atoms with E-state index >= 15 is 0 Å². The van der Waals surface area contributed by atoms with Crippen LogP contribution in [0.4, 0.5) is 5.82 Å². The normalized spacial score (nSPS) is 11.7. The van der Waals surface area contributed by atoms with E-state index < -0.39 is 10.3 Å². The van der Waals surface area contributed by atoms with Crippen LogP contribution in [-0.2, 0) is 17.4 Å². The van der Waals surface area contributed by atoms with E-state index in [1.807, 2.05) is 29.9 Å². The van der Waals surface area contributed by atoms with Crippen LogP contribution in [0, 0.1) is 0 Å². The molecule has 4 aromatic rings. The molecule has 2 heterocycles. The Bertz CT molecular complexity index is 1410. The van der Waals surface area contributed by atoms with Gasteiger partial charge < -0.3 is 19.5 Å². The second-order valence-corrected chi connectivity index (χ2v) is 8.10. The molecule has 0 fully saturated rings. The van der Waals surface area contributed by atoms with E-state index in [-0.39, 0.29) is 44.3 Å². The van der Waals surface area contributed by atoms with Crippen LogP contribution in [0.3, 0.4) is 0 Å². The van der Waals surface area contributed by atoms with Crippen molar-refractivity contribution in [1.29, 1.82) is 0 Å². The fourth-order valence-electron chi connectivity index (χ4n) is 3.43. The molecule has 0 saturated carbocycles. The van der Waals surface area contributed by atoms with E-state index in [0.717, 1.165) is 17.0 Å². The molecule has 4 rings (SSSR count). The van der Waals surface area contributed by atoms with Gasteiger partial charge in [-0.3, -0.25) is 9.65 Å². The summed E-state index contributed by atoms with van der Waals surface area (Å²) < 4.78 is 40.0. The Morgan fingerprint density at radius 2 is 1.90 bits per heavy atom. The van der Waals surface area contributed by atoms with Gasteiger partial charge in [-0.15, -0.1) is 0 Å². The van der Waals surface area contributed by atoms with Gasteiger partial charge in [-0.25, -0.2) is 5.84 Å². The highest BCUT2D eigenvalue weighted by Gasteiger charge is 2.28. The van der Waals surface area contributed by atoms with E-state index in [2.05, 4.69) is 10.2 Å². The van der Waals surface area contributed by atoms with Crippen LogP contribution >= 0.6 is 0 Å². The summed E-state index contributed by atoms with van der Waals surface area (Å²) in [6, 6.07) is 9.67. The summed E-state index contributed by atoms with van der Waals surface area (Å²) in [6.07, 6.45) is 1.87. The molecule has 0 bridgehead atoms. The first-order chi connectivity index (χ1) is 14.6. The number of hydrogen-bond donors (Lipinski definition) is 5. The Kier molecular flexibility index (Phi) is 4.76. The van der Waals surface area contributed by atoms with Gasteiger partial charge in [-0.05, 0) is 29.8 Å². The monoisotopic (exact) mass is 445 g/mol. The van der Waals surface area contributed by atoms with Gasteiger partial charge in [-0.1, -0.05) is 6.07 Å². The predicted octanol–water partition coefficient (Wildman–Crippen LogP) is 2.14. The number of benzene rings is 2. The minimum Gasteiger partial charge on any atom is -0.507 e. The molecule has 0 amide bonds.